The molecule has 1 heterocycles. The van der Waals surface area contributed by atoms with Gasteiger partial charge in [0.25, 0.3) is 0 Å². The van der Waals surface area contributed by atoms with Gasteiger partial charge in [-0.1, -0.05) is 12.1 Å². The van der Waals surface area contributed by atoms with E-state index in [4.69, 9.17) is 5.73 Å². The molecule has 10 heteroatoms. The van der Waals surface area contributed by atoms with E-state index in [1.165, 1.54) is 4.68 Å². The third kappa shape index (κ3) is 4.50. The zero-order valence-corrected chi connectivity index (χ0v) is 12.6. The highest BCUT2D eigenvalue weighted by Crippen LogP contribution is 2.19. The number of hydrogen-bond acceptors (Lipinski definition) is 6. The van der Waals surface area contributed by atoms with Crippen molar-refractivity contribution in [3.05, 3.63) is 24.3 Å². The third-order valence-corrected chi connectivity index (χ3v) is 2.66. The van der Waals surface area contributed by atoms with Crippen molar-refractivity contribution in [2.45, 2.75) is 0 Å². The Balaban J connectivity index is 0.00000242. The SMILES string of the molecule is Cl.Cn1nnnc1-c1cccc(NC(=O)CNC(=O)CN)c1. The second-order valence-corrected chi connectivity index (χ2v) is 4.24. The number of aryl methyl sites for hydroxylation is 1. The van der Waals surface area contributed by atoms with Crippen molar-refractivity contribution in [2.24, 2.45) is 12.8 Å². The van der Waals surface area contributed by atoms with E-state index < -0.39 is 0 Å². The van der Waals surface area contributed by atoms with Gasteiger partial charge in [0.1, 0.15) is 0 Å². The Morgan fingerprint density at radius 2 is 2.09 bits per heavy atom. The number of nitrogens with zero attached hydrogens (tertiary/aromatic N) is 4. The topological polar surface area (TPSA) is 128 Å². The summed E-state index contributed by atoms with van der Waals surface area (Å²) in [7, 11) is 1.73. The van der Waals surface area contributed by atoms with Gasteiger partial charge in [-0.25, -0.2) is 4.68 Å². The van der Waals surface area contributed by atoms with Gasteiger partial charge in [0.05, 0.1) is 13.1 Å². The largest absolute Gasteiger partial charge is 0.346 e. The van der Waals surface area contributed by atoms with Gasteiger partial charge in [-0.3, -0.25) is 9.59 Å². The van der Waals surface area contributed by atoms with Crippen LogP contribution in [-0.4, -0.2) is 45.1 Å². The normalized spacial score (nSPS) is 9.73. The second-order valence-electron chi connectivity index (χ2n) is 4.24. The van der Waals surface area contributed by atoms with E-state index >= 15 is 0 Å². The molecule has 0 saturated heterocycles. The minimum absolute atomic E-state index is 0. The molecular formula is C12H16ClN7O2. The van der Waals surface area contributed by atoms with Crippen LogP contribution in [0.5, 0.6) is 0 Å². The van der Waals surface area contributed by atoms with Crippen molar-refractivity contribution in [3.63, 3.8) is 0 Å². The van der Waals surface area contributed by atoms with Crippen LogP contribution in [-0.2, 0) is 16.6 Å². The Kier molecular flexibility index (Phi) is 6.42. The fourth-order valence-electron chi connectivity index (χ4n) is 1.67. The number of nitrogens with two attached hydrogens (primary N) is 1. The van der Waals surface area contributed by atoms with Crippen LogP contribution in [0.1, 0.15) is 0 Å². The van der Waals surface area contributed by atoms with E-state index in [2.05, 4.69) is 26.2 Å². The molecule has 1 aromatic carbocycles. The summed E-state index contributed by atoms with van der Waals surface area (Å²) >= 11 is 0. The molecule has 0 radical (unpaired) electrons. The molecular weight excluding hydrogens is 310 g/mol. The van der Waals surface area contributed by atoms with E-state index in [1.54, 1.807) is 25.2 Å². The zero-order chi connectivity index (χ0) is 15.2. The molecule has 9 nitrogen and oxygen atoms in total. The number of nitrogens with one attached hydrogen (secondary N) is 2. The Hall–Kier alpha value is -2.52. The van der Waals surface area contributed by atoms with Crippen molar-refractivity contribution >= 4 is 29.9 Å². The van der Waals surface area contributed by atoms with Gasteiger partial charge in [-0.05, 0) is 22.6 Å². The Morgan fingerprint density at radius 3 is 2.73 bits per heavy atom. The number of aromatic nitrogens is 4. The summed E-state index contributed by atoms with van der Waals surface area (Å²) in [5, 5.41) is 16.3. The monoisotopic (exact) mass is 325 g/mol. The Morgan fingerprint density at radius 1 is 1.32 bits per heavy atom. The first kappa shape index (κ1) is 17.5. The standard InChI is InChI=1S/C12H15N7O2.ClH/c1-19-12(16-17-18-19)8-3-2-4-9(5-8)15-11(21)7-14-10(20)6-13;/h2-5H,6-7,13H2,1H3,(H,14,20)(H,15,21);1H. The van der Waals surface area contributed by atoms with E-state index in [1.807, 2.05) is 6.07 Å². The summed E-state index contributed by atoms with van der Waals surface area (Å²) in [5.74, 6) is -0.142. The molecule has 0 aliphatic rings. The second kappa shape index (κ2) is 8.05. The highest BCUT2D eigenvalue weighted by Gasteiger charge is 2.08. The molecule has 0 atom stereocenters. The van der Waals surface area contributed by atoms with Crippen LogP contribution in [0.4, 0.5) is 5.69 Å². The smallest absolute Gasteiger partial charge is 0.243 e. The van der Waals surface area contributed by atoms with Crippen molar-refractivity contribution in [2.75, 3.05) is 18.4 Å². The first-order chi connectivity index (χ1) is 10.1. The minimum Gasteiger partial charge on any atom is -0.346 e. The highest BCUT2D eigenvalue weighted by molar-refractivity contribution is 5.95. The highest BCUT2D eigenvalue weighted by atomic mass is 35.5. The molecule has 2 rings (SSSR count). The number of halogens is 1. The number of rotatable bonds is 5. The number of carbonyl (C=O) groups excluding carboxylic acids is 2. The summed E-state index contributed by atoms with van der Waals surface area (Å²) in [5.41, 5.74) is 6.49. The Bertz CT molecular complexity index is 658. The van der Waals surface area contributed by atoms with Crippen LogP contribution in [0, 0.1) is 0 Å². The van der Waals surface area contributed by atoms with E-state index in [-0.39, 0.29) is 37.3 Å². The molecule has 0 spiro atoms. The fraction of sp³-hybridized carbons (Fsp3) is 0.250. The number of amides is 2. The first-order valence-corrected chi connectivity index (χ1v) is 6.19. The van der Waals surface area contributed by atoms with Gasteiger partial charge < -0.3 is 16.4 Å². The van der Waals surface area contributed by atoms with E-state index in [0.717, 1.165) is 5.56 Å². The van der Waals surface area contributed by atoms with E-state index in [9.17, 15) is 9.59 Å². The zero-order valence-electron chi connectivity index (χ0n) is 11.8. The molecule has 1 aromatic heterocycles. The maximum absolute atomic E-state index is 11.7. The van der Waals surface area contributed by atoms with Crippen molar-refractivity contribution in [1.82, 2.24) is 25.5 Å². The minimum atomic E-state index is -0.385. The summed E-state index contributed by atoms with van der Waals surface area (Å²) in [6.45, 7) is -0.284. The lowest BCUT2D eigenvalue weighted by atomic mass is 10.2. The molecule has 0 saturated carbocycles. The molecule has 0 bridgehead atoms. The molecule has 118 valence electrons. The van der Waals surface area contributed by atoms with Crippen LogP contribution in [0.25, 0.3) is 11.4 Å². The summed E-state index contributed by atoms with van der Waals surface area (Å²) in [6.07, 6.45) is 0. The molecule has 22 heavy (non-hydrogen) atoms. The number of tetrazole rings is 1. The van der Waals surface area contributed by atoms with Crippen molar-refractivity contribution < 1.29 is 9.59 Å². The number of anilines is 1. The first-order valence-electron chi connectivity index (χ1n) is 6.19. The van der Waals surface area contributed by atoms with Gasteiger partial charge in [-0.2, -0.15) is 0 Å². The van der Waals surface area contributed by atoms with E-state index in [0.29, 0.717) is 11.5 Å². The van der Waals surface area contributed by atoms with Gasteiger partial charge >= 0.3 is 0 Å². The number of benzene rings is 1. The number of hydrogen-bond donors (Lipinski definition) is 3. The quantitative estimate of drug-likeness (QED) is 0.667. The van der Waals surface area contributed by atoms with Crippen LogP contribution in [0.2, 0.25) is 0 Å². The molecule has 2 amide bonds. The third-order valence-electron chi connectivity index (χ3n) is 2.66. The summed E-state index contributed by atoms with van der Waals surface area (Å²) in [4.78, 5) is 22.7. The maximum Gasteiger partial charge on any atom is 0.243 e. The maximum atomic E-state index is 11.7. The average Bonchev–Trinajstić information content (AvgIpc) is 2.91. The lowest BCUT2D eigenvalue weighted by Crippen LogP contribution is -2.36. The predicted octanol–water partition coefficient (Wildman–Crippen LogP) is -0.688. The molecule has 2 aromatic rings. The van der Waals surface area contributed by atoms with Gasteiger partial charge in [0.15, 0.2) is 5.82 Å². The molecule has 0 unspecified atom stereocenters. The van der Waals surface area contributed by atoms with Crippen LogP contribution >= 0.6 is 12.4 Å². The van der Waals surface area contributed by atoms with Crippen molar-refractivity contribution in [1.29, 1.82) is 0 Å². The van der Waals surface area contributed by atoms with Gasteiger partial charge in [0.2, 0.25) is 11.8 Å². The lowest BCUT2D eigenvalue weighted by molar-refractivity contribution is -0.123. The summed E-state index contributed by atoms with van der Waals surface area (Å²) in [6, 6.07) is 7.08. The molecule has 0 aliphatic heterocycles. The molecule has 0 fully saturated rings. The molecule has 0 aliphatic carbocycles. The van der Waals surface area contributed by atoms with Crippen LogP contribution in [0.15, 0.2) is 24.3 Å². The van der Waals surface area contributed by atoms with Crippen LogP contribution in [0.3, 0.4) is 0 Å². The van der Waals surface area contributed by atoms with Crippen LogP contribution < -0.4 is 16.4 Å². The lowest BCUT2D eigenvalue weighted by Gasteiger charge is -2.07. The fourth-order valence-corrected chi connectivity index (χ4v) is 1.67. The number of carbonyl (C=O) groups is 2. The van der Waals surface area contributed by atoms with Crippen molar-refractivity contribution in [3.8, 4) is 11.4 Å². The molecule has 4 N–H and O–H groups in total. The predicted molar refractivity (Wildman–Crippen MR) is 82.2 cm³/mol. The van der Waals surface area contributed by atoms with Gasteiger partial charge in [-0.15, -0.1) is 17.5 Å². The summed E-state index contributed by atoms with van der Waals surface area (Å²) < 4.78 is 1.53. The Labute approximate surface area is 132 Å². The van der Waals surface area contributed by atoms with Gasteiger partial charge in [0, 0.05) is 18.3 Å². The average molecular weight is 326 g/mol.